The summed E-state index contributed by atoms with van der Waals surface area (Å²) in [5, 5.41) is 4.27. The minimum atomic E-state index is 1.12. The molecule has 3 heterocycles. The second-order valence-electron chi connectivity index (χ2n) is 4.95. The average molecular weight is 251 g/mol. The molecule has 3 rings (SSSR count). The molecule has 4 heteroatoms. The Bertz CT molecular complexity index is 244. The third-order valence-electron chi connectivity index (χ3n) is 3.36. The Hall–Kier alpha value is -0.840. The molecule has 0 spiro atoms. The van der Waals surface area contributed by atoms with Crippen LogP contribution in [0.1, 0.15) is 38.5 Å². The zero-order valence-corrected chi connectivity index (χ0v) is 11.2. The van der Waals surface area contributed by atoms with Gasteiger partial charge in [-0.3, -0.25) is 0 Å². The first kappa shape index (κ1) is 13.6. The molecule has 2 aliphatic heterocycles. The predicted molar refractivity (Wildman–Crippen MR) is 72.7 cm³/mol. The number of hydroxylamine groups is 4. The second kappa shape index (κ2) is 8.29. The van der Waals surface area contributed by atoms with Crippen LogP contribution in [0.25, 0.3) is 0 Å². The van der Waals surface area contributed by atoms with E-state index in [4.69, 9.17) is 4.94 Å². The van der Waals surface area contributed by atoms with Crippen molar-refractivity contribution in [2.45, 2.75) is 38.5 Å². The van der Waals surface area contributed by atoms with E-state index in [9.17, 15) is 0 Å². The maximum atomic E-state index is 5.80. The van der Waals surface area contributed by atoms with Gasteiger partial charge in [0.15, 0.2) is 0 Å². The molecule has 18 heavy (non-hydrogen) atoms. The highest BCUT2D eigenvalue weighted by Gasteiger charge is 2.16. The fourth-order valence-electron chi connectivity index (χ4n) is 2.33. The van der Waals surface area contributed by atoms with E-state index in [1.54, 1.807) is 0 Å². The predicted octanol–water partition coefficient (Wildman–Crippen LogP) is 2.82. The molecule has 1 N–H and O–H groups in total. The molecule has 0 aromatic carbocycles. The molecule has 4 nitrogen and oxygen atoms in total. The van der Waals surface area contributed by atoms with Gasteiger partial charge < -0.3 is 4.98 Å². The highest BCUT2D eigenvalue weighted by Crippen LogP contribution is 2.14. The summed E-state index contributed by atoms with van der Waals surface area (Å²) in [4.78, 5) is 8.66. The highest BCUT2D eigenvalue weighted by molar-refractivity contribution is 4.84. The topological polar surface area (TPSA) is 31.5 Å². The Kier molecular flexibility index (Phi) is 6.26. The minimum absolute atomic E-state index is 1.12. The van der Waals surface area contributed by atoms with Crippen molar-refractivity contribution in [3.8, 4) is 0 Å². The summed E-state index contributed by atoms with van der Waals surface area (Å²) in [6.07, 6.45) is 11.7. The van der Waals surface area contributed by atoms with Gasteiger partial charge in [0.25, 0.3) is 0 Å². The first-order chi connectivity index (χ1) is 8.95. The summed E-state index contributed by atoms with van der Waals surface area (Å²) >= 11 is 0. The fraction of sp³-hybridized carbons (Fsp3) is 0.714. The van der Waals surface area contributed by atoms with Crippen molar-refractivity contribution in [3.63, 3.8) is 0 Å². The number of nitrogens with zero attached hydrogens (tertiary/aromatic N) is 2. The second-order valence-corrected chi connectivity index (χ2v) is 4.95. The summed E-state index contributed by atoms with van der Waals surface area (Å²) in [5.74, 6) is 0. The van der Waals surface area contributed by atoms with E-state index in [2.05, 4.69) is 15.1 Å². The lowest BCUT2D eigenvalue weighted by atomic mass is 10.2. The van der Waals surface area contributed by atoms with E-state index in [-0.39, 0.29) is 0 Å². The van der Waals surface area contributed by atoms with Crippen LogP contribution in [0.4, 0.5) is 0 Å². The number of rotatable bonds is 2. The van der Waals surface area contributed by atoms with Crippen LogP contribution in [-0.2, 0) is 4.94 Å². The maximum Gasteiger partial charge on any atom is 0.0259 e. The molecule has 2 saturated heterocycles. The number of H-pyrrole nitrogens is 1. The molecule has 2 fully saturated rings. The zero-order valence-electron chi connectivity index (χ0n) is 11.2. The Balaban J connectivity index is 0.000000202. The van der Waals surface area contributed by atoms with Crippen molar-refractivity contribution in [3.05, 3.63) is 24.5 Å². The molecule has 0 amide bonds. The van der Waals surface area contributed by atoms with Crippen LogP contribution in [0, 0.1) is 0 Å². The van der Waals surface area contributed by atoms with Gasteiger partial charge in [0.1, 0.15) is 0 Å². The fourth-order valence-corrected chi connectivity index (χ4v) is 2.33. The van der Waals surface area contributed by atoms with E-state index in [1.165, 1.54) is 38.5 Å². The Morgan fingerprint density at radius 3 is 1.44 bits per heavy atom. The summed E-state index contributed by atoms with van der Waals surface area (Å²) in [7, 11) is 0. The third-order valence-corrected chi connectivity index (χ3v) is 3.36. The lowest BCUT2D eigenvalue weighted by Gasteiger charge is -2.33. The molecule has 0 aliphatic carbocycles. The Labute approximate surface area is 110 Å². The van der Waals surface area contributed by atoms with E-state index >= 15 is 0 Å². The summed E-state index contributed by atoms with van der Waals surface area (Å²) < 4.78 is 0. The minimum Gasteiger partial charge on any atom is -0.368 e. The summed E-state index contributed by atoms with van der Waals surface area (Å²) in [6.45, 7) is 4.49. The molecule has 2 aliphatic rings. The van der Waals surface area contributed by atoms with E-state index in [1.807, 2.05) is 24.5 Å². The maximum absolute atomic E-state index is 5.80. The first-order valence-corrected chi connectivity index (χ1v) is 7.21. The van der Waals surface area contributed by atoms with E-state index < -0.39 is 0 Å². The van der Waals surface area contributed by atoms with Gasteiger partial charge in [0.2, 0.25) is 0 Å². The van der Waals surface area contributed by atoms with Crippen molar-refractivity contribution in [1.82, 2.24) is 15.1 Å². The van der Waals surface area contributed by atoms with E-state index in [0.717, 1.165) is 26.2 Å². The van der Waals surface area contributed by atoms with Crippen molar-refractivity contribution in [2.24, 2.45) is 0 Å². The molecule has 0 radical (unpaired) electrons. The first-order valence-electron chi connectivity index (χ1n) is 7.21. The van der Waals surface area contributed by atoms with Gasteiger partial charge in [0.05, 0.1) is 0 Å². The SMILES string of the molecule is C1CCN(ON2CCCCC2)CC1.c1cc[nH]c1. The monoisotopic (exact) mass is 251 g/mol. The molecule has 102 valence electrons. The standard InChI is InChI=1S/C10H20N2O.C4H5N/c1-3-7-11(8-4-1)13-12-9-5-2-6-10-12;1-2-4-5-3-1/h1-10H2;1-5H. The lowest BCUT2D eigenvalue weighted by molar-refractivity contribution is -0.333. The number of aromatic amines is 1. The largest absolute Gasteiger partial charge is 0.368 e. The number of hydrogen-bond donors (Lipinski definition) is 1. The molecule has 1 aromatic heterocycles. The van der Waals surface area contributed by atoms with Crippen LogP contribution in [0.5, 0.6) is 0 Å². The number of aromatic nitrogens is 1. The van der Waals surface area contributed by atoms with Gasteiger partial charge in [0, 0.05) is 38.6 Å². The van der Waals surface area contributed by atoms with Crippen LogP contribution in [-0.4, -0.2) is 41.3 Å². The van der Waals surface area contributed by atoms with Gasteiger partial charge in [-0.15, -0.1) is 0 Å². The molecule has 0 unspecified atom stereocenters. The van der Waals surface area contributed by atoms with Gasteiger partial charge in [-0.05, 0) is 37.8 Å². The number of hydrogen-bond acceptors (Lipinski definition) is 3. The molecule has 1 aromatic rings. The third kappa shape index (κ3) is 5.21. The number of nitrogens with one attached hydrogen (secondary N) is 1. The quantitative estimate of drug-likeness (QED) is 0.877. The normalized spacial score (nSPS) is 22.2. The van der Waals surface area contributed by atoms with Crippen molar-refractivity contribution >= 4 is 0 Å². The Morgan fingerprint density at radius 2 is 1.11 bits per heavy atom. The van der Waals surface area contributed by atoms with Crippen LogP contribution in [0.2, 0.25) is 0 Å². The molecule has 0 saturated carbocycles. The van der Waals surface area contributed by atoms with Crippen LogP contribution in [0.3, 0.4) is 0 Å². The number of piperidine rings is 2. The van der Waals surface area contributed by atoms with E-state index in [0.29, 0.717) is 0 Å². The van der Waals surface area contributed by atoms with Gasteiger partial charge in [-0.1, -0.05) is 12.8 Å². The van der Waals surface area contributed by atoms with Gasteiger partial charge in [-0.25, -0.2) is 4.94 Å². The van der Waals surface area contributed by atoms with Crippen molar-refractivity contribution in [1.29, 1.82) is 0 Å². The summed E-state index contributed by atoms with van der Waals surface area (Å²) in [5.41, 5.74) is 0. The van der Waals surface area contributed by atoms with Crippen molar-refractivity contribution in [2.75, 3.05) is 26.2 Å². The smallest absolute Gasteiger partial charge is 0.0259 e. The van der Waals surface area contributed by atoms with Crippen molar-refractivity contribution < 1.29 is 4.94 Å². The Morgan fingerprint density at radius 1 is 0.667 bits per heavy atom. The molecule has 0 atom stereocenters. The van der Waals surface area contributed by atoms with Gasteiger partial charge >= 0.3 is 0 Å². The average Bonchev–Trinajstić information content (AvgIpc) is 3.00. The molecular formula is C14H25N3O. The molecule has 0 bridgehead atoms. The van der Waals surface area contributed by atoms with Crippen LogP contribution in [0.15, 0.2) is 24.5 Å². The highest BCUT2D eigenvalue weighted by atomic mass is 16.8. The van der Waals surface area contributed by atoms with Gasteiger partial charge in [-0.2, -0.15) is 10.1 Å². The van der Waals surface area contributed by atoms with Crippen LogP contribution >= 0.6 is 0 Å². The zero-order chi connectivity index (χ0) is 12.5. The van der Waals surface area contributed by atoms with Crippen LogP contribution < -0.4 is 0 Å². The lowest BCUT2D eigenvalue weighted by Crippen LogP contribution is -2.40. The molecular weight excluding hydrogens is 226 g/mol. The summed E-state index contributed by atoms with van der Waals surface area (Å²) in [6, 6.07) is 3.89.